The van der Waals surface area contributed by atoms with Crippen molar-refractivity contribution >= 4 is 125 Å². The van der Waals surface area contributed by atoms with Crippen LogP contribution in [0.5, 0.6) is 0 Å². The van der Waals surface area contributed by atoms with Crippen molar-refractivity contribution in [3.63, 3.8) is 0 Å². The van der Waals surface area contributed by atoms with E-state index in [1.54, 1.807) is 165 Å². The maximum atomic E-state index is 12.7. The Kier molecular flexibility index (Phi) is 40.0. The highest BCUT2D eigenvalue weighted by molar-refractivity contribution is 7.91. The minimum Gasteiger partial charge on any atom is -0.423 e. The number of aromatic nitrogens is 10. The van der Waals surface area contributed by atoms with Crippen LogP contribution in [-0.2, 0) is 61.9 Å². The average Bonchev–Trinajstić information content (AvgIpc) is 1.57. The van der Waals surface area contributed by atoms with Gasteiger partial charge in [-0.05, 0) is 296 Å². The fourth-order valence-electron chi connectivity index (χ4n) is 17.1. The van der Waals surface area contributed by atoms with Gasteiger partial charge in [0, 0.05) is 172 Å². The molecule has 808 valence electrons. The van der Waals surface area contributed by atoms with Gasteiger partial charge in [0.05, 0.1) is 62.2 Å². The third-order valence-electron chi connectivity index (χ3n) is 26.5. The first-order valence-electron chi connectivity index (χ1n) is 50.1. The van der Waals surface area contributed by atoms with Gasteiger partial charge in [-0.25, -0.2) is 104 Å². The van der Waals surface area contributed by atoms with Crippen LogP contribution in [0.15, 0.2) is 173 Å². The van der Waals surface area contributed by atoms with Gasteiger partial charge in [-0.1, -0.05) is 49.4 Å². The lowest BCUT2D eigenvalue weighted by Gasteiger charge is -2.37. The van der Waals surface area contributed by atoms with Gasteiger partial charge in [-0.15, -0.1) is 10.2 Å². The van der Waals surface area contributed by atoms with Crippen molar-refractivity contribution in [1.29, 1.82) is 0 Å². The lowest BCUT2D eigenvalue weighted by Crippen LogP contribution is -2.53. The molecule has 49 heteroatoms. The molecule has 6 saturated heterocycles. The van der Waals surface area contributed by atoms with Gasteiger partial charge in [0.25, 0.3) is 0 Å². The number of tetrazole rings is 2. The van der Waals surface area contributed by atoms with Crippen LogP contribution in [0.25, 0.3) is 50.7 Å². The molecule has 10 aromatic rings. The van der Waals surface area contributed by atoms with E-state index >= 15 is 0 Å². The molecule has 6 aliphatic heterocycles. The number of aryl methyl sites for hydroxylation is 3. The van der Waals surface area contributed by atoms with E-state index in [1.807, 2.05) is 124 Å². The van der Waals surface area contributed by atoms with Crippen molar-refractivity contribution in [2.45, 2.75) is 230 Å². The highest BCUT2D eigenvalue weighted by Crippen LogP contribution is 2.31. The SMILES string of the molecule is CC(C)S(=O)(=O)NC1CCN(C(=O)Nc2ccc(-c3nnnn3-c3ccccc3)cc2)CC1.CC(C)S(=O)(=O)NC1CCN(C(=O)Nc2ccc(-c3nnnn3C)cc2)CC1.CC1CN(C(=O)Nc2ccc(N3C[C@@H](C)O[C@@H](C)C3)cc2)CCC1NS(=O)(=O)C(C)C.Cc1c(NC(=O)N2CCC(NS(=O)(=O)C(C)C)CC2)ccc2oc(=O)ccc12.Cc1ccccc1-c1cnc(NC(=O)N2CCC(NS(=O)(=O)C(C)C)CC2)cn1. The number of piperidine rings is 5. The molecule has 4 aromatic heterocycles. The molecule has 149 heavy (non-hydrogen) atoms. The zero-order valence-electron chi connectivity index (χ0n) is 87.0. The van der Waals surface area contributed by atoms with Crippen LogP contribution >= 0.6 is 0 Å². The third kappa shape index (κ3) is 32.5. The van der Waals surface area contributed by atoms with E-state index in [-0.39, 0.29) is 78.5 Å². The molecule has 16 rings (SSSR count). The van der Waals surface area contributed by atoms with Gasteiger partial charge in [0.15, 0.2) is 17.5 Å². The number of benzene rings is 6. The molecule has 10 heterocycles. The Morgan fingerprint density at radius 3 is 1.21 bits per heavy atom. The predicted molar refractivity (Wildman–Crippen MR) is 575 cm³/mol. The van der Waals surface area contributed by atoms with Gasteiger partial charge in [-0.3, -0.25) is 10.3 Å². The number of hydrogen-bond donors (Lipinski definition) is 10. The number of nitrogens with one attached hydrogen (secondary N) is 10. The molecule has 0 bridgehead atoms. The maximum absolute atomic E-state index is 12.7. The Balaban J connectivity index is 0.000000165. The summed E-state index contributed by atoms with van der Waals surface area (Å²) in [6.07, 6.45) is 8.84. The predicted octanol–water partition coefficient (Wildman–Crippen LogP) is 11.9. The molecule has 6 aliphatic rings. The summed E-state index contributed by atoms with van der Waals surface area (Å²) in [5, 5.41) is 36.2. The monoisotopic (exact) mass is 2150 g/mol. The van der Waals surface area contributed by atoms with Crippen LogP contribution in [0, 0.1) is 19.8 Å². The summed E-state index contributed by atoms with van der Waals surface area (Å²) >= 11 is 0. The number of nitrogens with zero attached hydrogens (tertiary/aromatic N) is 16. The zero-order valence-corrected chi connectivity index (χ0v) is 91.1. The van der Waals surface area contributed by atoms with E-state index in [0.717, 1.165) is 69.0 Å². The van der Waals surface area contributed by atoms with E-state index in [9.17, 15) is 70.9 Å². The minimum atomic E-state index is -3.32. The molecule has 10 N–H and O–H groups in total. The number of fused-ring (bicyclic) bond motifs is 1. The van der Waals surface area contributed by atoms with Crippen molar-refractivity contribution in [2.75, 3.05) is 110 Å². The lowest BCUT2D eigenvalue weighted by atomic mass is 9.95. The van der Waals surface area contributed by atoms with Crippen molar-refractivity contribution in [1.82, 2.24) is 98.5 Å². The Hall–Kier alpha value is -12.6. The summed E-state index contributed by atoms with van der Waals surface area (Å²) < 4.78 is 148. The highest BCUT2D eigenvalue weighted by atomic mass is 32.2. The number of carbonyl (C=O) groups is 5. The summed E-state index contributed by atoms with van der Waals surface area (Å²) in [6.45, 7) is 33.1. The first kappa shape index (κ1) is 115. The number of ether oxygens (including phenoxy) is 1. The van der Waals surface area contributed by atoms with E-state index in [1.165, 1.54) is 6.07 Å². The molecule has 0 aliphatic carbocycles. The van der Waals surface area contributed by atoms with E-state index < -0.39 is 82.0 Å². The Labute approximate surface area is 872 Å². The number of urea groups is 5. The van der Waals surface area contributed by atoms with Crippen molar-refractivity contribution in [3.05, 3.63) is 186 Å². The van der Waals surface area contributed by atoms with Crippen molar-refractivity contribution in [3.8, 4) is 39.7 Å². The molecule has 0 saturated carbocycles. The largest absolute Gasteiger partial charge is 0.423 e. The number of carbonyl (C=O) groups excluding carboxylic acids is 5. The quantitative estimate of drug-likeness (QED) is 0.0238. The van der Waals surface area contributed by atoms with Gasteiger partial charge in [-0.2, -0.15) is 4.68 Å². The maximum Gasteiger partial charge on any atom is 0.336 e. The van der Waals surface area contributed by atoms with Gasteiger partial charge >= 0.3 is 35.8 Å². The molecule has 0 spiro atoms. The van der Waals surface area contributed by atoms with Gasteiger partial charge in [0.1, 0.15) is 5.58 Å². The molecular formula is C100H140N26O18S5. The van der Waals surface area contributed by atoms with Gasteiger partial charge in [0.2, 0.25) is 50.1 Å². The van der Waals surface area contributed by atoms with Gasteiger partial charge < -0.3 is 59.8 Å². The van der Waals surface area contributed by atoms with Crippen LogP contribution in [0.3, 0.4) is 0 Å². The number of morpholine rings is 1. The molecule has 6 fully saturated rings. The number of sulfonamides is 5. The Morgan fingerprint density at radius 2 is 0.785 bits per heavy atom. The number of para-hydroxylation sites is 1. The lowest BCUT2D eigenvalue weighted by molar-refractivity contribution is -0.00522. The molecule has 10 amide bonds. The zero-order chi connectivity index (χ0) is 108. The van der Waals surface area contributed by atoms with E-state index in [0.29, 0.717) is 163 Å². The number of anilines is 6. The molecule has 44 nitrogen and oxygen atoms in total. The number of hydrogen-bond acceptors (Lipinski definition) is 27. The molecule has 2 unspecified atom stereocenters. The summed E-state index contributed by atoms with van der Waals surface area (Å²) in [4.78, 5) is 93.8. The fourth-order valence-corrected chi connectivity index (χ4v) is 22.0. The van der Waals surface area contributed by atoms with Crippen molar-refractivity contribution in [2.24, 2.45) is 13.0 Å². The second kappa shape index (κ2) is 51.8. The van der Waals surface area contributed by atoms with E-state index in [2.05, 4.69) is 110 Å². The molecule has 0 radical (unpaired) electrons. The second-order valence-electron chi connectivity index (χ2n) is 39.3. The summed E-state index contributed by atoms with van der Waals surface area (Å²) in [5.41, 5.74) is 10.1. The molecule has 6 aromatic carbocycles. The number of rotatable bonds is 25. The molecule has 4 atom stereocenters. The first-order valence-corrected chi connectivity index (χ1v) is 57.8. The summed E-state index contributed by atoms with van der Waals surface area (Å²) in [5.74, 6) is 1.67. The third-order valence-corrected chi connectivity index (χ3v) is 36.0. The molecular weight excluding hydrogens is 2010 g/mol. The van der Waals surface area contributed by atoms with Crippen LogP contribution in [0.1, 0.15) is 159 Å². The van der Waals surface area contributed by atoms with Crippen LogP contribution < -0.4 is 60.7 Å². The smallest absolute Gasteiger partial charge is 0.336 e. The van der Waals surface area contributed by atoms with Crippen molar-refractivity contribution < 1.29 is 75.2 Å². The Bertz CT molecular complexity index is 6830. The minimum absolute atomic E-state index is 0.0423. The van der Waals surface area contributed by atoms with Crippen LogP contribution in [0.4, 0.5) is 58.2 Å². The summed E-state index contributed by atoms with van der Waals surface area (Å²) in [6, 6.07) is 44.7. The van der Waals surface area contributed by atoms with Crippen LogP contribution in [0.2, 0.25) is 0 Å². The van der Waals surface area contributed by atoms with E-state index in [4.69, 9.17) is 9.15 Å². The Morgan fingerprint density at radius 1 is 0.389 bits per heavy atom. The number of amides is 10. The second-order valence-corrected chi connectivity index (χ2v) is 50.7. The van der Waals surface area contributed by atoms with Crippen LogP contribution in [-0.4, -0.2) is 294 Å². The summed E-state index contributed by atoms with van der Waals surface area (Å²) in [7, 11) is -14.8. The topological polar surface area (TPSA) is 548 Å². The first-order chi connectivity index (χ1) is 70.6. The average molecular weight is 2150 g/mol. The number of likely N-dealkylation sites (tertiary alicyclic amines) is 5. The highest BCUT2D eigenvalue weighted by Gasteiger charge is 2.37. The standard InChI is InChI=1S/C22H27N7O3S.C22H36N4O4S.C20H27N5O3S.C19H25N3O5S.C17H25N7O3S/c1-16(2)33(31,32)25-19-12-14-28(15-13-19)22(30)23-18-10-8-17(9-11-18)21-24-26-27-29(21)20-6-4-3-5-7-20;1-15(2)31(28,29)24-21-10-11-25(12-16(21)3)22(27)23-19-6-8-20(9-7-19)26-13-17(4)30-18(5)14-26;1-14(2)29(27,28)24-16-8-10-25(11-9-16)20(26)23-19-13-21-18(12-22-19)17-7-5-4-6-15(17)3;1-12(2)28(25,26)21-14-8-10-22(11-9-14)19(24)20-16-5-6-17-15(13(16)3)4-7-18(23)27-17;1-12(2)28(26,27)20-15-8-10-24(11-9-15)17(25)18-14-6-4-13(5-7-14)16-19-21-22-23(16)3/h3-11,16,19,25H,12-15H2,1-2H3,(H,23,30);6-9,15-18,21,24H,10-14H2,1-5H3,(H,23,27);4-7,12-14,16,24H,8-11H2,1-3H3,(H,22,23,26);4-7,12,14,21H,8-11H2,1-3H3,(H,20,24);4-7,12,15,20H,8-11H2,1-3H3,(H,18,25)/t;16?,17-,18+,21?;;;. The normalized spacial score (nSPS) is 18.0. The fraction of sp³-hybridized carbons (Fsp3) is 0.500.